The first-order valence-corrected chi connectivity index (χ1v) is 10.2. The van der Waals surface area contributed by atoms with E-state index in [1.807, 2.05) is 54.6 Å². The van der Waals surface area contributed by atoms with Crippen LogP contribution in [0.25, 0.3) is 12.2 Å². The standard InChI is InChI=1S/C19H19BrN2O3S/c20-18-9-6-17(7-10-18)8-11-19(23)21-13-14-22-26(24,25)15-12-16-4-2-1-3-5-16/h1-12,15,22H,13-14H2,(H,21,23)/b11-8+,15-12+. The van der Waals surface area contributed by atoms with E-state index in [0.717, 1.165) is 21.0 Å². The van der Waals surface area contributed by atoms with Gasteiger partial charge in [0.2, 0.25) is 15.9 Å². The van der Waals surface area contributed by atoms with Crippen molar-refractivity contribution in [1.29, 1.82) is 0 Å². The van der Waals surface area contributed by atoms with Crippen LogP contribution in [-0.2, 0) is 14.8 Å². The predicted octanol–water partition coefficient (Wildman–Crippen LogP) is 3.17. The highest BCUT2D eigenvalue weighted by Gasteiger charge is 2.04. The smallest absolute Gasteiger partial charge is 0.244 e. The highest BCUT2D eigenvalue weighted by Crippen LogP contribution is 2.11. The van der Waals surface area contributed by atoms with Gasteiger partial charge in [-0.25, -0.2) is 13.1 Å². The zero-order chi connectivity index (χ0) is 18.8. The van der Waals surface area contributed by atoms with Gasteiger partial charge in [0.1, 0.15) is 0 Å². The maximum absolute atomic E-state index is 11.9. The summed E-state index contributed by atoms with van der Waals surface area (Å²) in [6.45, 7) is 0.307. The van der Waals surface area contributed by atoms with Crippen LogP contribution in [0.2, 0.25) is 0 Å². The summed E-state index contributed by atoms with van der Waals surface area (Å²) in [6, 6.07) is 16.7. The van der Waals surface area contributed by atoms with Crippen molar-refractivity contribution in [3.8, 4) is 0 Å². The molecule has 0 aliphatic heterocycles. The van der Waals surface area contributed by atoms with E-state index in [1.165, 1.54) is 12.2 Å². The van der Waals surface area contributed by atoms with Crippen LogP contribution in [0, 0.1) is 0 Å². The number of halogens is 1. The number of sulfonamides is 1. The Morgan fingerprint density at radius 3 is 2.27 bits per heavy atom. The van der Waals surface area contributed by atoms with E-state index in [0.29, 0.717) is 0 Å². The normalized spacial score (nSPS) is 11.9. The van der Waals surface area contributed by atoms with Gasteiger partial charge in [-0.15, -0.1) is 0 Å². The van der Waals surface area contributed by atoms with E-state index in [9.17, 15) is 13.2 Å². The minimum atomic E-state index is -3.54. The molecule has 2 N–H and O–H groups in total. The Labute approximate surface area is 162 Å². The minimum Gasteiger partial charge on any atom is -0.351 e. The van der Waals surface area contributed by atoms with Gasteiger partial charge in [0.15, 0.2) is 0 Å². The van der Waals surface area contributed by atoms with Gasteiger partial charge in [0.05, 0.1) is 0 Å². The van der Waals surface area contributed by atoms with Gasteiger partial charge >= 0.3 is 0 Å². The van der Waals surface area contributed by atoms with Gasteiger partial charge in [-0.3, -0.25) is 4.79 Å². The summed E-state index contributed by atoms with van der Waals surface area (Å²) < 4.78 is 27.1. The zero-order valence-corrected chi connectivity index (χ0v) is 16.3. The molecule has 0 aliphatic rings. The van der Waals surface area contributed by atoms with Gasteiger partial charge in [-0.2, -0.15) is 0 Å². The molecule has 0 saturated heterocycles. The largest absolute Gasteiger partial charge is 0.351 e. The third kappa shape index (κ3) is 7.77. The van der Waals surface area contributed by atoms with Crippen molar-refractivity contribution >= 4 is 44.0 Å². The molecule has 0 spiro atoms. The number of rotatable bonds is 8. The second-order valence-electron chi connectivity index (χ2n) is 5.33. The van der Waals surface area contributed by atoms with E-state index < -0.39 is 10.0 Å². The Balaban J connectivity index is 1.72. The van der Waals surface area contributed by atoms with Crippen molar-refractivity contribution in [1.82, 2.24) is 10.0 Å². The fourth-order valence-corrected chi connectivity index (χ4v) is 3.05. The van der Waals surface area contributed by atoms with Crippen molar-refractivity contribution in [3.05, 3.63) is 81.7 Å². The molecule has 0 radical (unpaired) electrons. The third-order valence-electron chi connectivity index (χ3n) is 3.26. The van der Waals surface area contributed by atoms with Crippen LogP contribution in [0.15, 0.2) is 70.6 Å². The Kier molecular flexibility index (Phi) is 7.77. The van der Waals surface area contributed by atoms with Gasteiger partial charge in [0.25, 0.3) is 0 Å². The van der Waals surface area contributed by atoms with Crippen LogP contribution in [-0.4, -0.2) is 27.4 Å². The Hall–Kier alpha value is -2.22. The van der Waals surface area contributed by atoms with Crippen LogP contribution in [0.1, 0.15) is 11.1 Å². The van der Waals surface area contributed by atoms with Crippen LogP contribution in [0.5, 0.6) is 0 Å². The highest BCUT2D eigenvalue weighted by molar-refractivity contribution is 9.10. The van der Waals surface area contributed by atoms with Crippen molar-refractivity contribution < 1.29 is 13.2 Å². The van der Waals surface area contributed by atoms with E-state index in [1.54, 1.807) is 6.08 Å². The Morgan fingerprint density at radius 2 is 1.58 bits per heavy atom. The SMILES string of the molecule is O=C(/C=C/c1ccc(Br)cc1)NCCNS(=O)(=O)/C=C/c1ccccc1. The number of carbonyl (C=O) groups excluding carboxylic acids is 1. The monoisotopic (exact) mass is 434 g/mol. The first-order chi connectivity index (χ1) is 12.4. The molecule has 0 unspecified atom stereocenters. The fourth-order valence-electron chi connectivity index (χ4n) is 1.96. The first kappa shape index (κ1) is 20.1. The van der Waals surface area contributed by atoms with E-state index >= 15 is 0 Å². The van der Waals surface area contributed by atoms with Gasteiger partial charge in [-0.1, -0.05) is 58.4 Å². The van der Waals surface area contributed by atoms with Gasteiger partial charge in [-0.05, 0) is 35.4 Å². The number of amides is 1. The third-order valence-corrected chi connectivity index (χ3v) is 4.89. The maximum atomic E-state index is 11.9. The summed E-state index contributed by atoms with van der Waals surface area (Å²) in [7, 11) is -3.54. The molecule has 136 valence electrons. The quantitative estimate of drug-likeness (QED) is 0.494. The lowest BCUT2D eigenvalue weighted by molar-refractivity contribution is -0.116. The van der Waals surface area contributed by atoms with Crippen molar-refractivity contribution in [2.75, 3.05) is 13.1 Å². The lowest BCUT2D eigenvalue weighted by Crippen LogP contribution is -2.33. The van der Waals surface area contributed by atoms with Crippen molar-refractivity contribution in [3.63, 3.8) is 0 Å². The maximum Gasteiger partial charge on any atom is 0.244 e. The second-order valence-corrected chi connectivity index (χ2v) is 7.90. The van der Waals surface area contributed by atoms with E-state index in [2.05, 4.69) is 26.0 Å². The van der Waals surface area contributed by atoms with Gasteiger partial charge in [0, 0.05) is 29.0 Å². The minimum absolute atomic E-state index is 0.110. The molecule has 0 bridgehead atoms. The number of nitrogens with one attached hydrogen (secondary N) is 2. The lowest BCUT2D eigenvalue weighted by atomic mass is 10.2. The summed E-state index contributed by atoms with van der Waals surface area (Å²) in [5, 5.41) is 3.73. The topological polar surface area (TPSA) is 75.3 Å². The van der Waals surface area contributed by atoms with Gasteiger partial charge < -0.3 is 5.32 Å². The molecule has 2 rings (SSSR count). The molecular formula is C19H19BrN2O3S. The summed E-state index contributed by atoms with van der Waals surface area (Å²) in [4.78, 5) is 11.7. The molecule has 0 aromatic heterocycles. The summed E-state index contributed by atoms with van der Waals surface area (Å²) in [6.07, 6.45) is 4.61. The lowest BCUT2D eigenvalue weighted by Gasteiger charge is -2.04. The first-order valence-electron chi connectivity index (χ1n) is 7.89. The van der Waals surface area contributed by atoms with Crippen molar-refractivity contribution in [2.45, 2.75) is 0 Å². The molecule has 0 heterocycles. The van der Waals surface area contributed by atoms with Crippen molar-refractivity contribution in [2.24, 2.45) is 0 Å². The zero-order valence-electron chi connectivity index (χ0n) is 13.9. The van der Waals surface area contributed by atoms with E-state index in [-0.39, 0.29) is 19.0 Å². The van der Waals surface area contributed by atoms with Crippen LogP contribution in [0.4, 0.5) is 0 Å². The number of hydrogen-bond acceptors (Lipinski definition) is 3. The molecule has 26 heavy (non-hydrogen) atoms. The average Bonchev–Trinajstić information content (AvgIpc) is 2.64. The fraction of sp³-hybridized carbons (Fsp3) is 0.105. The number of carbonyl (C=O) groups is 1. The predicted molar refractivity (Wildman–Crippen MR) is 109 cm³/mol. The molecule has 7 heteroatoms. The summed E-state index contributed by atoms with van der Waals surface area (Å²) in [5.74, 6) is -0.285. The van der Waals surface area contributed by atoms with Crippen LogP contribution >= 0.6 is 15.9 Å². The Bertz CT molecular complexity index is 877. The summed E-state index contributed by atoms with van der Waals surface area (Å²) in [5.41, 5.74) is 1.69. The molecule has 2 aromatic rings. The molecule has 0 fully saturated rings. The number of benzene rings is 2. The van der Waals surface area contributed by atoms with Crippen LogP contribution in [0.3, 0.4) is 0 Å². The molecule has 0 aliphatic carbocycles. The molecule has 0 atom stereocenters. The summed E-state index contributed by atoms with van der Waals surface area (Å²) >= 11 is 3.34. The molecule has 5 nitrogen and oxygen atoms in total. The average molecular weight is 435 g/mol. The molecule has 2 aromatic carbocycles. The highest BCUT2D eigenvalue weighted by atomic mass is 79.9. The molecule has 1 amide bonds. The second kappa shape index (κ2) is 10.1. The Morgan fingerprint density at radius 1 is 0.923 bits per heavy atom. The molecule has 0 saturated carbocycles. The van der Waals surface area contributed by atoms with Crippen LogP contribution < -0.4 is 10.0 Å². The number of hydrogen-bond donors (Lipinski definition) is 2. The van der Waals surface area contributed by atoms with E-state index in [4.69, 9.17) is 0 Å². The molecular weight excluding hydrogens is 416 g/mol.